The molecular weight excluding hydrogens is 224 g/mol. The molecule has 0 aromatic rings. The Kier molecular flexibility index (Phi) is 9.92. The summed E-state index contributed by atoms with van der Waals surface area (Å²) >= 11 is 0. The van der Waals surface area contributed by atoms with Crippen LogP contribution in [-0.2, 0) is 0 Å². The highest BCUT2D eigenvalue weighted by Gasteiger charge is 2.31. The third kappa shape index (κ3) is 11.0. The van der Waals surface area contributed by atoms with Crippen LogP contribution in [0.5, 0.6) is 0 Å². The maximum atomic E-state index is 5.87. The number of nitrogens with zero attached hydrogens (tertiary/aromatic N) is 2. The molecule has 0 spiro atoms. The Labute approximate surface area is 115 Å². The van der Waals surface area contributed by atoms with Crippen LogP contribution < -0.4 is 11.5 Å². The molecule has 18 heavy (non-hydrogen) atoms. The Bertz CT molecular complexity index is 184. The number of hydrogen-bond acceptors (Lipinski definition) is 4. The second-order valence-electron chi connectivity index (χ2n) is 6.45. The molecule has 0 aromatic heterocycles. The zero-order valence-electron chi connectivity index (χ0n) is 13.9. The third-order valence-electron chi connectivity index (χ3n) is 3.42. The second-order valence-corrected chi connectivity index (χ2v) is 6.45. The summed E-state index contributed by atoms with van der Waals surface area (Å²) in [5, 5.41) is 0. The molecule has 4 heteroatoms. The van der Waals surface area contributed by atoms with Crippen molar-refractivity contribution in [2.45, 2.75) is 51.6 Å². The molecule has 0 amide bonds. The maximum absolute atomic E-state index is 5.87. The van der Waals surface area contributed by atoms with E-state index >= 15 is 0 Å². The zero-order valence-corrected chi connectivity index (χ0v) is 13.9. The lowest BCUT2D eigenvalue weighted by atomic mass is 9.81. The lowest BCUT2D eigenvalue weighted by Crippen LogP contribution is -2.60. The van der Waals surface area contributed by atoms with Gasteiger partial charge in [-0.1, -0.05) is 6.92 Å². The molecule has 1 unspecified atom stereocenters. The van der Waals surface area contributed by atoms with Gasteiger partial charge in [-0.05, 0) is 74.9 Å². The molecule has 1 atom stereocenters. The van der Waals surface area contributed by atoms with Gasteiger partial charge in [-0.3, -0.25) is 0 Å². The monoisotopic (exact) mass is 260 g/mol. The van der Waals surface area contributed by atoms with Crippen LogP contribution in [0.4, 0.5) is 0 Å². The minimum atomic E-state index is -0.276. The molecule has 0 heterocycles. The molecule has 0 saturated heterocycles. The van der Waals surface area contributed by atoms with E-state index in [1.807, 2.05) is 20.8 Å². The Morgan fingerprint density at radius 3 is 1.28 bits per heavy atom. The molecule has 0 radical (unpaired) electrons. The first-order valence-electron chi connectivity index (χ1n) is 6.81. The minimum absolute atomic E-state index is 0.243. The van der Waals surface area contributed by atoms with E-state index in [0.29, 0.717) is 0 Å². The Balaban J connectivity index is 0. The molecule has 0 aliphatic heterocycles. The van der Waals surface area contributed by atoms with Crippen LogP contribution in [0.3, 0.4) is 0 Å². The highest BCUT2D eigenvalue weighted by atomic mass is 15.1. The topological polar surface area (TPSA) is 58.5 Å². The van der Waals surface area contributed by atoms with Gasteiger partial charge >= 0.3 is 0 Å². The lowest BCUT2D eigenvalue weighted by molar-refractivity contribution is 0.275. The van der Waals surface area contributed by atoms with Crippen molar-refractivity contribution in [3.8, 4) is 0 Å². The van der Waals surface area contributed by atoms with Crippen LogP contribution in [0.1, 0.15) is 40.5 Å². The third-order valence-corrected chi connectivity index (χ3v) is 3.42. The van der Waals surface area contributed by atoms with Crippen LogP contribution in [0.15, 0.2) is 0 Å². The van der Waals surface area contributed by atoms with Crippen molar-refractivity contribution in [2.24, 2.45) is 11.5 Å². The quantitative estimate of drug-likeness (QED) is 0.757. The normalized spacial score (nSPS) is 15.3. The van der Waals surface area contributed by atoms with E-state index in [9.17, 15) is 0 Å². The van der Waals surface area contributed by atoms with Crippen LogP contribution in [0, 0.1) is 0 Å². The van der Waals surface area contributed by atoms with E-state index < -0.39 is 0 Å². The number of hydrogen-bond donors (Lipinski definition) is 2. The van der Waals surface area contributed by atoms with Crippen molar-refractivity contribution in [3.05, 3.63) is 0 Å². The van der Waals surface area contributed by atoms with E-state index in [-0.39, 0.29) is 11.1 Å². The van der Waals surface area contributed by atoms with Crippen molar-refractivity contribution in [1.29, 1.82) is 0 Å². The largest absolute Gasteiger partial charge is 0.324 e. The SMILES string of the molecule is CCC(C)(N)C(C)(C)N.CN(C)CCCN(C)C. The number of rotatable bonds is 6. The van der Waals surface area contributed by atoms with Crippen LogP contribution in [-0.4, -0.2) is 62.2 Å². The van der Waals surface area contributed by atoms with E-state index in [1.165, 1.54) is 19.5 Å². The van der Waals surface area contributed by atoms with Gasteiger partial charge < -0.3 is 21.3 Å². The lowest BCUT2D eigenvalue weighted by Gasteiger charge is -2.37. The van der Waals surface area contributed by atoms with E-state index in [4.69, 9.17) is 11.5 Å². The van der Waals surface area contributed by atoms with Gasteiger partial charge in [-0.2, -0.15) is 0 Å². The van der Waals surface area contributed by atoms with Crippen molar-refractivity contribution in [3.63, 3.8) is 0 Å². The average molecular weight is 260 g/mol. The van der Waals surface area contributed by atoms with Crippen LogP contribution >= 0.6 is 0 Å². The van der Waals surface area contributed by atoms with Crippen LogP contribution in [0.25, 0.3) is 0 Å². The fourth-order valence-corrected chi connectivity index (χ4v) is 1.16. The molecule has 0 rings (SSSR count). The molecule has 0 aliphatic rings. The smallest absolute Gasteiger partial charge is 0.0300 e. The maximum Gasteiger partial charge on any atom is 0.0300 e. The summed E-state index contributed by atoms with van der Waals surface area (Å²) < 4.78 is 0. The standard InChI is InChI=1S/2C7H18N2/c1-8(2)6-5-7-9(3)4;1-5-7(4,9)6(2,3)8/h5-7H2,1-4H3;5,8-9H2,1-4H3. The first-order valence-corrected chi connectivity index (χ1v) is 6.81. The van der Waals surface area contributed by atoms with Crippen molar-refractivity contribution < 1.29 is 0 Å². The minimum Gasteiger partial charge on any atom is -0.324 e. The van der Waals surface area contributed by atoms with Gasteiger partial charge in [0.15, 0.2) is 0 Å². The molecule has 0 fully saturated rings. The van der Waals surface area contributed by atoms with E-state index in [2.05, 4.69) is 44.9 Å². The summed E-state index contributed by atoms with van der Waals surface area (Å²) in [5.74, 6) is 0. The zero-order chi connectivity index (χ0) is 15.0. The molecule has 4 nitrogen and oxygen atoms in total. The summed E-state index contributed by atoms with van der Waals surface area (Å²) in [4.78, 5) is 4.42. The van der Waals surface area contributed by atoms with Crippen molar-refractivity contribution in [1.82, 2.24) is 9.80 Å². The predicted molar refractivity (Wildman–Crippen MR) is 82.9 cm³/mol. The van der Waals surface area contributed by atoms with Crippen molar-refractivity contribution >= 4 is 0 Å². The predicted octanol–water partition coefficient (Wildman–Crippen LogP) is 1.35. The van der Waals surface area contributed by atoms with Gasteiger partial charge in [-0.25, -0.2) is 0 Å². The summed E-state index contributed by atoms with van der Waals surface area (Å²) in [7, 11) is 8.43. The number of nitrogens with two attached hydrogens (primary N) is 2. The van der Waals surface area contributed by atoms with Gasteiger partial charge in [0.2, 0.25) is 0 Å². The van der Waals surface area contributed by atoms with Crippen LogP contribution in [0.2, 0.25) is 0 Å². The molecular formula is C14H36N4. The fraction of sp³-hybridized carbons (Fsp3) is 1.00. The van der Waals surface area contributed by atoms with Gasteiger partial charge in [-0.15, -0.1) is 0 Å². The highest BCUT2D eigenvalue weighted by molar-refractivity contribution is 4.96. The van der Waals surface area contributed by atoms with Gasteiger partial charge in [0.25, 0.3) is 0 Å². The van der Waals surface area contributed by atoms with E-state index in [1.54, 1.807) is 0 Å². The Morgan fingerprint density at radius 1 is 0.833 bits per heavy atom. The summed E-state index contributed by atoms with van der Waals surface area (Å²) in [6.07, 6.45) is 2.18. The van der Waals surface area contributed by atoms with Gasteiger partial charge in [0, 0.05) is 11.1 Å². The summed E-state index contributed by atoms with van der Waals surface area (Å²) in [6, 6.07) is 0. The highest BCUT2D eigenvalue weighted by Crippen LogP contribution is 2.18. The molecule has 0 bridgehead atoms. The average Bonchev–Trinajstić information content (AvgIpc) is 2.15. The molecule has 112 valence electrons. The van der Waals surface area contributed by atoms with Crippen molar-refractivity contribution in [2.75, 3.05) is 41.3 Å². The molecule has 0 aliphatic carbocycles. The summed E-state index contributed by atoms with van der Waals surface area (Å²) in [5.41, 5.74) is 11.1. The Morgan fingerprint density at radius 2 is 1.17 bits per heavy atom. The van der Waals surface area contributed by atoms with Gasteiger partial charge in [0.1, 0.15) is 0 Å². The second kappa shape index (κ2) is 8.86. The first-order chi connectivity index (χ1) is 7.94. The van der Waals surface area contributed by atoms with E-state index in [0.717, 1.165) is 6.42 Å². The first kappa shape index (κ1) is 20.2. The molecule has 4 N–H and O–H groups in total. The fourth-order valence-electron chi connectivity index (χ4n) is 1.16. The molecule has 0 aromatic carbocycles. The molecule has 0 saturated carbocycles. The van der Waals surface area contributed by atoms with Gasteiger partial charge in [0.05, 0.1) is 0 Å². The Hall–Kier alpha value is -0.160. The summed E-state index contributed by atoms with van der Waals surface area (Å²) in [6.45, 7) is 10.3.